The zero-order chi connectivity index (χ0) is 14.3. The lowest BCUT2D eigenvalue weighted by atomic mass is 10.1. The average molecular weight is 328 g/mol. The van der Waals surface area contributed by atoms with E-state index in [0.29, 0.717) is 19.1 Å². The van der Waals surface area contributed by atoms with Gasteiger partial charge in [0, 0.05) is 6.54 Å². The van der Waals surface area contributed by atoms with Crippen LogP contribution >= 0.6 is 15.9 Å². The number of carbonyl (C=O) groups excluding carboxylic acids is 1. The second-order valence-electron chi connectivity index (χ2n) is 4.77. The minimum Gasteiger partial charge on any atom is -0.494 e. The Labute approximate surface area is 123 Å². The molecule has 0 spiro atoms. The number of hydrogen-bond donors (Lipinski definition) is 1. The molecule has 1 N–H and O–H groups in total. The molecule has 0 bridgehead atoms. The Kier molecular flexibility index (Phi) is 6.92. The fourth-order valence-corrected chi connectivity index (χ4v) is 1.85. The molecule has 3 nitrogen and oxygen atoms in total. The molecule has 0 heterocycles. The minimum atomic E-state index is -0.123. The predicted octanol–water partition coefficient (Wildman–Crippen LogP) is 3.16. The first-order chi connectivity index (χ1) is 9.04. The number of halogens is 1. The van der Waals surface area contributed by atoms with Crippen molar-refractivity contribution in [3.8, 4) is 5.75 Å². The Hall–Kier alpha value is -1.03. The molecule has 4 heteroatoms. The molecule has 1 unspecified atom stereocenters. The van der Waals surface area contributed by atoms with E-state index < -0.39 is 0 Å². The van der Waals surface area contributed by atoms with Crippen molar-refractivity contribution in [3.63, 3.8) is 0 Å². The summed E-state index contributed by atoms with van der Waals surface area (Å²) in [7, 11) is 0. The molecule has 1 aromatic carbocycles. The maximum Gasteiger partial charge on any atom is 0.234 e. The summed E-state index contributed by atoms with van der Waals surface area (Å²) in [5.74, 6) is 1.23. The molecule has 0 radical (unpaired) electrons. The molecule has 0 saturated heterocycles. The highest BCUT2D eigenvalue weighted by atomic mass is 79.9. The fourth-order valence-electron chi connectivity index (χ4n) is 1.69. The standard InChI is InChI=1S/C15H22BrNO2/c1-4-19-13-7-5-6-12(10-13)8-9-17-15(18)14(16)11(2)3/h5-7,10-11,14H,4,8-9H2,1-3H3,(H,17,18). The van der Waals surface area contributed by atoms with E-state index in [1.54, 1.807) is 0 Å². The van der Waals surface area contributed by atoms with E-state index in [2.05, 4.69) is 21.2 Å². The van der Waals surface area contributed by atoms with E-state index in [1.807, 2.05) is 45.0 Å². The van der Waals surface area contributed by atoms with Crippen LogP contribution in [0.3, 0.4) is 0 Å². The van der Waals surface area contributed by atoms with Gasteiger partial charge in [-0.05, 0) is 37.0 Å². The maximum atomic E-state index is 11.8. The molecule has 1 atom stereocenters. The SMILES string of the molecule is CCOc1cccc(CCNC(=O)C(Br)C(C)C)c1. The highest BCUT2D eigenvalue weighted by Crippen LogP contribution is 2.14. The molecule has 0 aliphatic heterocycles. The van der Waals surface area contributed by atoms with Gasteiger partial charge in [0.1, 0.15) is 5.75 Å². The Morgan fingerprint density at radius 2 is 2.16 bits per heavy atom. The fraction of sp³-hybridized carbons (Fsp3) is 0.533. The first kappa shape index (κ1) is 16.0. The van der Waals surface area contributed by atoms with Crippen LogP contribution in [0, 0.1) is 5.92 Å². The number of amides is 1. The van der Waals surface area contributed by atoms with Crippen LogP contribution in [0.2, 0.25) is 0 Å². The number of ether oxygens (including phenoxy) is 1. The van der Waals surface area contributed by atoms with Gasteiger partial charge in [-0.3, -0.25) is 4.79 Å². The monoisotopic (exact) mass is 327 g/mol. The highest BCUT2D eigenvalue weighted by Gasteiger charge is 2.17. The molecule has 0 saturated carbocycles. The number of nitrogens with one attached hydrogen (secondary N) is 1. The Morgan fingerprint density at radius 3 is 2.79 bits per heavy atom. The topological polar surface area (TPSA) is 38.3 Å². The molecule has 1 amide bonds. The second-order valence-corrected chi connectivity index (χ2v) is 5.75. The van der Waals surface area contributed by atoms with Crippen molar-refractivity contribution in [3.05, 3.63) is 29.8 Å². The van der Waals surface area contributed by atoms with Gasteiger partial charge < -0.3 is 10.1 Å². The third-order valence-corrected chi connectivity index (χ3v) is 4.23. The van der Waals surface area contributed by atoms with E-state index >= 15 is 0 Å². The quantitative estimate of drug-likeness (QED) is 0.781. The lowest BCUT2D eigenvalue weighted by Crippen LogP contribution is -2.35. The highest BCUT2D eigenvalue weighted by molar-refractivity contribution is 9.10. The van der Waals surface area contributed by atoms with Gasteiger partial charge in [0.05, 0.1) is 11.4 Å². The van der Waals surface area contributed by atoms with Gasteiger partial charge in [-0.15, -0.1) is 0 Å². The molecular weight excluding hydrogens is 306 g/mol. The van der Waals surface area contributed by atoms with Gasteiger partial charge in [-0.2, -0.15) is 0 Å². The van der Waals surface area contributed by atoms with E-state index in [-0.39, 0.29) is 10.7 Å². The molecule has 1 aromatic rings. The van der Waals surface area contributed by atoms with Crippen molar-refractivity contribution >= 4 is 21.8 Å². The summed E-state index contributed by atoms with van der Waals surface area (Å²) in [6, 6.07) is 7.98. The van der Waals surface area contributed by atoms with Gasteiger partial charge in [-0.25, -0.2) is 0 Å². The first-order valence-electron chi connectivity index (χ1n) is 6.68. The molecule has 0 aliphatic carbocycles. The molecular formula is C15H22BrNO2. The summed E-state index contributed by atoms with van der Waals surface area (Å²) in [5.41, 5.74) is 1.17. The summed E-state index contributed by atoms with van der Waals surface area (Å²) in [6.45, 7) is 7.31. The van der Waals surface area contributed by atoms with Crippen LogP contribution < -0.4 is 10.1 Å². The number of alkyl halides is 1. The van der Waals surface area contributed by atoms with Gasteiger partial charge in [-0.1, -0.05) is 41.9 Å². The lowest BCUT2D eigenvalue weighted by molar-refractivity contribution is -0.121. The molecule has 1 rings (SSSR count). The number of hydrogen-bond acceptors (Lipinski definition) is 2. The van der Waals surface area contributed by atoms with E-state index in [1.165, 1.54) is 5.56 Å². The van der Waals surface area contributed by atoms with E-state index in [4.69, 9.17) is 4.74 Å². The molecule has 19 heavy (non-hydrogen) atoms. The molecule has 0 fully saturated rings. The summed E-state index contributed by atoms with van der Waals surface area (Å²) in [4.78, 5) is 11.6. The van der Waals surface area contributed by atoms with Crippen molar-refractivity contribution in [1.29, 1.82) is 0 Å². The average Bonchev–Trinajstić information content (AvgIpc) is 2.38. The van der Waals surface area contributed by atoms with Crippen LogP contribution in [-0.2, 0) is 11.2 Å². The van der Waals surface area contributed by atoms with Crippen LogP contribution in [0.5, 0.6) is 5.75 Å². The van der Waals surface area contributed by atoms with E-state index in [9.17, 15) is 4.79 Å². The number of carbonyl (C=O) groups is 1. The van der Waals surface area contributed by atoms with Crippen molar-refractivity contribution < 1.29 is 9.53 Å². The summed E-state index contributed by atoms with van der Waals surface area (Å²) < 4.78 is 5.45. The third-order valence-electron chi connectivity index (χ3n) is 2.76. The normalized spacial score (nSPS) is 12.3. The van der Waals surface area contributed by atoms with Gasteiger partial charge in [0.2, 0.25) is 5.91 Å². The zero-order valence-corrected chi connectivity index (χ0v) is 13.4. The molecule has 0 aliphatic rings. The molecule has 0 aromatic heterocycles. The second kappa shape index (κ2) is 8.20. The van der Waals surface area contributed by atoms with Crippen LogP contribution in [0.25, 0.3) is 0 Å². The zero-order valence-electron chi connectivity index (χ0n) is 11.8. The maximum absolute atomic E-state index is 11.8. The first-order valence-corrected chi connectivity index (χ1v) is 7.59. The van der Waals surface area contributed by atoms with Crippen LogP contribution in [0.1, 0.15) is 26.3 Å². The lowest BCUT2D eigenvalue weighted by Gasteiger charge is -2.13. The summed E-state index contributed by atoms with van der Waals surface area (Å²) in [6.07, 6.45) is 0.810. The minimum absolute atomic E-state index is 0.0518. The van der Waals surface area contributed by atoms with Crippen LogP contribution in [-0.4, -0.2) is 23.9 Å². The largest absolute Gasteiger partial charge is 0.494 e. The summed E-state index contributed by atoms with van der Waals surface area (Å²) >= 11 is 3.39. The van der Waals surface area contributed by atoms with E-state index in [0.717, 1.165) is 12.2 Å². The number of rotatable bonds is 7. The van der Waals surface area contributed by atoms with Crippen LogP contribution in [0.4, 0.5) is 0 Å². The third kappa shape index (κ3) is 5.64. The van der Waals surface area contributed by atoms with Gasteiger partial charge in [0.25, 0.3) is 0 Å². The predicted molar refractivity (Wildman–Crippen MR) is 81.9 cm³/mol. The smallest absolute Gasteiger partial charge is 0.234 e. The summed E-state index contributed by atoms with van der Waals surface area (Å²) in [5, 5.41) is 2.94. The Bertz CT molecular complexity index is 407. The van der Waals surface area contributed by atoms with Crippen molar-refractivity contribution in [2.24, 2.45) is 5.92 Å². The van der Waals surface area contributed by atoms with Crippen molar-refractivity contribution in [2.75, 3.05) is 13.2 Å². The Morgan fingerprint density at radius 1 is 1.42 bits per heavy atom. The van der Waals surface area contributed by atoms with Crippen molar-refractivity contribution in [2.45, 2.75) is 32.0 Å². The van der Waals surface area contributed by atoms with Gasteiger partial charge >= 0.3 is 0 Å². The van der Waals surface area contributed by atoms with Crippen molar-refractivity contribution in [1.82, 2.24) is 5.32 Å². The molecule has 106 valence electrons. The number of benzene rings is 1. The Balaban J connectivity index is 2.40. The van der Waals surface area contributed by atoms with Crippen LogP contribution in [0.15, 0.2) is 24.3 Å². The van der Waals surface area contributed by atoms with Gasteiger partial charge in [0.15, 0.2) is 0 Å².